The number of rotatable bonds is 1. The van der Waals surface area contributed by atoms with Crippen LogP contribution < -0.4 is 4.90 Å². The molecule has 1 aromatic heterocycles. The first-order valence-electron chi connectivity index (χ1n) is 4.17. The Labute approximate surface area is 84.9 Å². The van der Waals surface area contributed by atoms with E-state index >= 15 is 0 Å². The van der Waals surface area contributed by atoms with Crippen LogP contribution in [0.2, 0.25) is 0 Å². The Morgan fingerprint density at radius 2 is 2.46 bits per heavy atom. The summed E-state index contributed by atoms with van der Waals surface area (Å²) in [5, 5.41) is 0. The Balaban J connectivity index is 2.45. The highest BCUT2D eigenvalue weighted by molar-refractivity contribution is 9.10. The van der Waals surface area contributed by atoms with Crippen LogP contribution in [0.15, 0.2) is 16.7 Å². The van der Waals surface area contributed by atoms with Crippen LogP contribution in [0.4, 0.5) is 5.82 Å². The minimum Gasteiger partial charge on any atom is -0.299 e. The molecule has 2 heterocycles. The Morgan fingerprint density at radius 3 is 3.23 bits per heavy atom. The fraction of sp³-hybridized carbons (Fsp3) is 0.333. The van der Waals surface area contributed by atoms with E-state index < -0.39 is 0 Å². The van der Waals surface area contributed by atoms with Gasteiger partial charge in [-0.1, -0.05) is 0 Å². The number of carbonyl (C=O) groups is 1. The minimum absolute atomic E-state index is 0.783. The van der Waals surface area contributed by atoms with Gasteiger partial charge in [0.1, 0.15) is 5.82 Å². The maximum absolute atomic E-state index is 10.7. The van der Waals surface area contributed by atoms with Crippen LogP contribution >= 0.6 is 15.9 Å². The topological polar surface area (TPSA) is 33.2 Å². The number of aromatic nitrogens is 1. The van der Waals surface area contributed by atoms with E-state index in [9.17, 15) is 4.79 Å². The van der Waals surface area contributed by atoms with Gasteiger partial charge in [-0.25, -0.2) is 4.98 Å². The van der Waals surface area contributed by atoms with Gasteiger partial charge < -0.3 is 0 Å². The average Bonchev–Trinajstić information content (AvgIpc) is 2.16. The van der Waals surface area contributed by atoms with E-state index in [2.05, 4.69) is 20.9 Å². The van der Waals surface area contributed by atoms with Crippen LogP contribution in [-0.4, -0.2) is 17.9 Å². The van der Waals surface area contributed by atoms with E-state index in [0.29, 0.717) is 0 Å². The lowest BCUT2D eigenvalue weighted by atomic mass is 10.1. The molecule has 0 aliphatic carbocycles. The zero-order valence-electron chi connectivity index (χ0n) is 7.03. The van der Waals surface area contributed by atoms with Gasteiger partial charge >= 0.3 is 0 Å². The number of halogens is 1. The molecule has 0 saturated carbocycles. The van der Waals surface area contributed by atoms with Crippen molar-refractivity contribution in [2.45, 2.75) is 12.8 Å². The Kier molecular flexibility index (Phi) is 2.31. The molecule has 13 heavy (non-hydrogen) atoms. The molecule has 0 saturated heterocycles. The van der Waals surface area contributed by atoms with Crippen molar-refractivity contribution >= 4 is 28.2 Å². The van der Waals surface area contributed by atoms with Crippen LogP contribution in [0.5, 0.6) is 0 Å². The fourth-order valence-electron chi connectivity index (χ4n) is 1.56. The molecule has 2 rings (SSSR count). The quantitative estimate of drug-likeness (QED) is 0.702. The number of pyridine rings is 1. The van der Waals surface area contributed by atoms with Crippen molar-refractivity contribution in [2.75, 3.05) is 11.4 Å². The van der Waals surface area contributed by atoms with Crippen molar-refractivity contribution < 1.29 is 4.79 Å². The second-order valence-electron chi connectivity index (χ2n) is 3.04. The van der Waals surface area contributed by atoms with Gasteiger partial charge in [-0.05, 0) is 40.4 Å². The molecule has 1 aliphatic rings. The van der Waals surface area contributed by atoms with Gasteiger partial charge in [0.25, 0.3) is 0 Å². The van der Waals surface area contributed by atoms with Crippen molar-refractivity contribution in [1.29, 1.82) is 0 Å². The van der Waals surface area contributed by atoms with Gasteiger partial charge in [0.05, 0.1) is 0 Å². The SMILES string of the molecule is O=CN1CCCc2cc(Br)cnc21. The number of fused-ring (bicyclic) bond motifs is 1. The third-order valence-electron chi connectivity index (χ3n) is 2.15. The van der Waals surface area contributed by atoms with Gasteiger partial charge in [-0.2, -0.15) is 0 Å². The van der Waals surface area contributed by atoms with Crippen molar-refractivity contribution in [2.24, 2.45) is 0 Å². The summed E-state index contributed by atoms with van der Waals surface area (Å²) < 4.78 is 0.971. The van der Waals surface area contributed by atoms with E-state index in [4.69, 9.17) is 0 Å². The molecule has 0 spiro atoms. The molecule has 0 fully saturated rings. The third kappa shape index (κ3) is 1.58. The van der Waals surface area contributed by atoms with Crippen molar-refractivity contribution in [1.82, 2.24) is 4.98 Å². The van der Waals surface area contributed by atoms with Crippen molar-refractivity contribution in [3.8, 4) is 0 Å². The predicted octanol–water partition coefficient (Wildman–Crippen LogP) is 1.75. The number of nitrogens with zero attached hydrogens (tertiary/aromatic N) is 2. The second-order valence-corrected chi connectivity index (χ2v) is 3.95. The third-order valence-corrected chi connectivity index (χ3v) is 2.59. The summed E-state index contributed by atoms with van der Waals surface area (Å²) in [4.78, 5) is 16.6. The van der Waals surface area contributed by atoms with Crippen LogP contribution in [0.25, 0.3) is 0 Å². The smallest absolute Gasteiger partial charge is 0.215 e. The summed E-state index contributed by atoms with van der Waals surface area (Å²) in [6, 6.07) is 2.03. The van der Waals surface area contributed by atoms with Gasteiger partial charge in [-0.3, -0.25) is 9.69 Å². The van der Waals surface area contributed by atoms with E-state index in [-0.39, 0.29) is 0 Å². The standard InChI is InChI=1S/C9H9BrN2O/c10-8-4-7-2-1-3-12(6-13)9(7)11-5-8/h4-6H,1-3H2. The summed E-state index contributed by atoms with van der Waals surface area (Å²) >= 11 is 3.36. The van der Waals surface area contributed by atoms with E-state index in [1.807, 2.05) is 6.07 Å². The second kappa shape index (κ2) is 3.46. The molecule has 1 aromatic rings. The van der Waals surface area contributed by atoms with Gasteiger partial charge in [0.15, 0.2) is 0 Å². The van der Waals surface area contributed by atoms with Crippen LogP contribution in [-0.2, 0) is 11.2 Å². The zero-order valence-corrected chi connectivity index (χ0v) is 8.62. The molecule has 1 aliphatic heterocycles. The Hall–Kier alpha value is -0.900. The summed E-state index contributed by atoms with van der Waals surface area (Å²) in [5.41, 5.74) is 1.15. The highest BCUT2D eigenvalue weighted by Crippen LogP contribution is 2.25. The molecule has 4 heteroatoms. The molecular formula is C9H9BrN2O. The molecule has 0 atom stereocenters. The van der Waals surface area contributed by atoms with Gasteiger partial charge in [-0.15, -0.1) is 0 Å². The van der Waals surface area contributed by atoms with Crippen molar-refractivity contribution in [3.63, 3.8) is 0 Å². The molecule has 3 nitrogen and oxygen atoms in total. The molecule has 68 valence electrons. The number of hydrogen-bond donors (Lipinski definition) is 0. The monoisotopic (exact) mass is 240 g/mol. The molecule has 0 radical (unpaired) electrons. The molecule has 0 N–H and O–H groups in total. The average molecular weight is 241 g/mol. The lowest BCUT2D eigenvalue weighted by molar-refractivity contribution is -0.107. The first-order chi connectivity index (χ1) is 6.31. The highest BCUT2D eigenvalue weighted by atomic mass is 79.9. The summed E-state index contributed by atoms with van der Waals surface area (Å²) in [7, 11) is 0. The number of aryl methyl sites for hydroxylation is 1. The van der Waals surface area contributed by atoms with Crippen LogP contribution in [0.3, 0.4) is 0 Å². The molecular weight excluding hydrogens is 232 g/mol. The number of hydrogen-bond acceptors (Lipinski definition) is 2. The molecule has 0 aromatic carbocycles. The molecule has 0 unspecified atom stereocenters. The lowest BCUT2D eigenvalue weighted by Crippen LogP contribution is -2.28. The largest absolute Gasteiger partial charge is 0.299 e. The Bertz CT molecular complexity index is 340. The van der Waals surface area contributed by atoms with Crippen molar-refractivity contribution in [3.05, 3.63) is 22.3 Å². The first-order valence-corrected chi connectivity index (χ1v) is 4.97. The van der Waals surface area contributed by atoms with Gasteiger partial charge in [0.2, 0.25) is 6.41 Å². The van der Waals surface area contributed by atoms with Crippen LogP contribution in [0, 0.1) is 0 Å². The predicted molar refractivity (Wildman–Crippen MR) is 53.7 cm³/mol. The summed E-state index contributed by atoms with van der Waals surface area (Å²) in [6.45, 7) is 0.783. The fourth-order valence-corrected chi connectivity index (χ4v) is 1.94. The maximum atomic E-state index is 10.7. The highest BCUT2D eigenvalue weighted by Gasteiger charge is 2.17. The van der Waals surface area contributed by atoms with Gasteiger partial charge in [0, 0.05) is 17.2 Å². The Morgan fingerprint density at radius 1 is 1.62 bits per heavy atom. The molecule has 0 bridgehead atoms. The summed E-state index contributed by atoms with van der Waals surface area (Å²) in [6.07, 6.45) is 4.59. The zero-order chi connectivity index (χ0) is 9.26. The maximum Gasteiger partial charge on any atom is 0.215 e. The number of carbonyl (C=O) groups excluding carboxylic acids is 1. The first kappa shape index (κ1) is 8.69. The summed E-state index contributed by atoms with van der Waals surface area (Å²) in [5.74, 6) is 0.810. The normalized spacial score (nSPS) is 15.3. The van der Waals surface area contributed by atoms with E-state index in [1.165, 1.54) is 0 Å². The van der Waals surface area contributed by atoms with E-state index in [0.717, 1.165) is 41.7 Å². The number of anilines is 1. The van der Waals surface area contributed by atoms with E-state index in [1.54, 1.807) is 11.1 Å². The molecule has 1 amide bonds. The van der Waals surface area contributed by atoms with Crippen LogP contribution in [0.1, 0.15) is 12.0 Å². The lowest BCUT2D eigenvalue weighted by Gasteiger charge is -2.24. The number of amides is 1. The minimum atomic E-state index is 0.783.